The van der Waals surface area contributed by atoms with E-state index in [0.717, 1.165) is 12.1 Å². The molecule has 0 aliphatic carbocycles. The topological polar surface area (TPSA) is 45.2 Å². The molecule has 1 heterocycles. The number of nitrogens with zero attached hydrogens (tertiary/aromatic N) is 2. The van der Waals surface area contributed by atoms with Crippen molar-refractivity contribution in [2.45, 2.75) is 13.1 Å². The smallest absolute Gasteiger partial charge is 0.253 e. The summed E-state index contributed by atoms with van der Waals surface area (Å²) in [5.41, 5.74) is 2.58. The van der Waals surface area contributed by atoms with Gasteiger partial charge in [-0.3, -0.25) is 4.79 Å². The van der Waals surface area contributed by atoms with Crippen molar-refractivity contribution < 1.29 is 9.18 Å². The Bertz CT molecular complexity index is 611. The first-order chi connectivity index (χ1) is 10.1. The lowest BCUT2D eigenvalue weighted by atomic mass is 10.1. The Balaban J connectivity index is 2.02. The summed E-state index contributed by atoms with van der Waals surface area (Å²) in [6, 6.07) is 10.6. The third kappa shape index (κ3) is 4.36. The number of hydrogen-bond acceptors (Lipinski definition) is 3. The highest BCUT2D eigenvalue weighted by atomic mass is 19.1. The van der Waals surface area contributed by atoms with Crippen LogP contribution in [0.3, 0.4) is 0 Å². The van der Waals surface area contributed by atoms with E-state index in [1.807, 2.05) is 38.4 Å². The molecule has 0 atom stereocenters. The highest BCUT2D eigenvalue weighted by Gasteiger charge is 2.08. The zero-order valence-electron chi connectivity index (χ0n) is 12.1. The highest BCUT2D eigenvalue weighted by Crippen LogP contribution is 2.10. The molecule has 1 aromatic carbocycles. The molecule has 110 valence electrons. The molecule has 0 radical (unpaired) electrons. The van der Waals surface area contributed by atoms with Crippen LogP contribution in [0.25, 0.3) is 0 Å². The molecule has 1 aromatic heterocycles. The molecule has 2 rings (SSSR count). The molecule has 1 N–H and O–H groups in total. The van der Waals surface area contributed by atoms with Crippen LogP contribution in [0, 0.1) is 5.95 Å². The summed E-state index contributed by atoms with van der Waals surface area (Å²) in [7, 11) is 4.00. The van der Waals surface area contributed by atoms with Crippen LogP contribution in [0.2, 0.25) is 0 Å². The van der Waals surface area contributed by atoms with Gasteiger partial charge < -0.3 is 10.2 Å². The Morgan fingerprint density at radius 3 is 2.52 bits per heavy atom. The number of nitrogens with one attached hydrogen (secondary N) is 1. The summed E-state index contributed by atoms with van der Waals surface area (Å²) >= 11 is 0. The Hall–Kier alpha value is -2.27. The molecule has 0 spiro atoms. The third-order valence-corrected chi connectivity index (χ3v) is 3.03. The largest absolute Gasteiger partial charge is 0.348 e. The van der Waals surface area contributed by atoms with Crippen molar-refractivity contribution >= 4 is 5.91 Å². The SMILES string of the molecule is CN(C)Cc1ccccc1CNC(=O)c1ccc(F)nc1. The monoisotopic (exact) mass is 287 g/mol. The van der Waals surface area contributed by atoms with Gasteiger partial charge in [0.25, 0.3) is 5.91 Å². The Morgan fingerprint density at radius 2 is 1.90 bits per heavy atom. The number of pyridine rings is 1. The zero-order valence-corrected chi connectivity index (χ0v) is 12.1. The van der Waals surface area contributed by atoms with E-state index in [4.69, 9.17) is 0 Å². The number of carbonyl (C=O) groups is 1. The molecule has 0 aliphatic heterocycles. The van der Waals surface area contributed by atoms with Crippen molar-refractivity contribution in [3.63, 3.8) is 0 Å². The first-order valence-corrected chi connectivity index (χ1v) is 6.67. The molecule has 0 unspecified atom stereocenters. The van der Waals surface area contributed by atoms with Gasteiger partial charge in [0.05, 0.1) is 5.56 Å². The van der Waals surface area contributed by atoms with Gasteiger partial charge in [0.2, 0.25) is 5.95 Å². The maximum atomic E-state index is 12.7. The molecule has 5 heteroatoms. The van der Waals surface area contributed by atoms with Crippen LogP contribution in [0.1, 0.15) is 21.5 Å². The van der Waals surface area contributed by atoms with Crippen molar-refractivity contribution in [1.82, 2.24) is 15.2 Å². The zero-order chi connectivity index (χ0) is 15.2. The van der Waals surface area contributed by atoms with Crippen LogP contribution in [0.4, 0.5) is 4.39 Å². The summed E-state index contributed by atoms with van der Waals surface area (Å²) in [6.07, 6.45) is 1.23. The molecular weight excluding hydrogens is 269 g/mol. The third-order valence-electron chi connectivity index (χ3n) is 3.03. The normalized spacial score (nSPS) is 10.7. The lowest BCUT2D eigenvalue weighted by Crippen LogP contribution is -2.24. The lowest BCUT2D eigenvalue weighted by Gasteiger charge is -2.14. The van der Waals surface area contributed by atoms with Gasteiger partial charge in [-0.1, -0.05) is 24.3 Å². The summed E-state index contributed by atoms with van der Waals surface area (Å²) in [5, 5.41) is 2.83. The number of hydrogen-bond donors (Lipinski definition) is 1. The van der Waals surface area contributed by atoms with E-state index in [2.05, 4.69) is 15.2 Å². The number of benzene rings is 1. The average molecular weight is 287 g/mol. The maximum absolute atomic E-state index is 12.7. The Morgan fingerprint density at radius 1 is 1.19 bits per heavy atom. The Kier molecular flexibility index (Phi) is 5.00. The van der Waals surface area contributed by atoms with Gasteiger partial charge in [0.15, 0.2) is 0 Å². The minimum atomic E-state index is -0.595. The first-order valence-electron chi connectivity index (χ1n) is 6.67. The quantitative estimate of drug-likeness (QED) is 0.858. The van der Waals surface area contributed by atoms with E-state index < -0.39 is 5.95 Å². The molecular formula is C16H18FN3O. The van der Waals surface area contributed by atoms with Gasteiger partial charge in [-0.25, -0.2) is 4.98 Å². The highest BCUT2D eigenvalue weighted by molar-refractivity contribution is 5.93. The van der Waals surface area contributed by atoms with Crippen molar-refractivity contribution in [3.05, 3.63) is 65.2 Å². The van der Waals surface area contributed by atoms with Crippen LogP contribution < -0.4 is 5.32 Å². The fourth-order valence-electron chi connectivity index (χ4n) is 2.01. The second-order valence-corrected chi connectivity index (χ2v) is 5.06. The van der Waals surface area contributed by atoms with Crippen molar-refractivity contribution in [2.75, 3.05) is 14.1 Å². The molecule has 21 heavy (non-hydrogen) atoms. The fraction of sp³-hybridized carbons (Fsp3) is 0.250. The van der Waals surface area contributed by atoms with Gasteiger partial charge in [0, 0.05) is 19.3 Å². The minimum absolute atomic E-state index is 0.262. The molecule has 0 bridgehead atoms. The van der Waals surface area contributed by atoms with Gasteiger partial charge in [-0.15, -0.1) is 0 Å². The van der Waals surface area contributed by atoms with Crippen LogP contribution in [-0.2, 0) is 13.1 Å². The van der Waals surface area contributed by atoms with Gasteiger partial charge in [0.1, 0.15) is 0 Å². The van der Waals surface area contributed by atoms with Crippen LogP contribution >= 0.6 is 0 Å². The van der Waals surface area contributed by atoms with E-state index in [1.54, 1.807) is 0 Å². The summed E-state index contributed by atoms with van der Waals surface area (Å²) < 4.78 is 12.7. The van der Waals surface area contributed by atoms with Gasteiger partial charge in [-0.05, 0) is 37.4 Å². The van der Waals surface area contributed by atoms with Gasteiger partial charge in [-0.2, -0.15) is 4.39 Å². The first kappa shape index (κ1) is 15.1. The van der Waals surface area contributed by atoms with Crippen molar-refractivity contribution in [3.8, 4) is 0 Å². The van der Waals surface area contributed by atoms with E-state index in [1.165, 1.54) is 23.9 Å². The second-order valence-electron chi connectivity index (χ2n) is 5.06. The maximum Gasteiger partial charge on any atom is 0.253 e. The molecule has 0 fully saturated rings. The summed E-state index contributed by atoms with van der Waals surface area (Å²) in [5.74, 6) is -0.856. The Labute approximate surface area is 123 Å². The number of aromatic nitrogens is 1. The van der Waals surface area contributed by atoms with E-state index in [-0.39, 0.29) is 5.91 Å². The molecule has 0 aliphatic rings. The number of carbonyl (C=O) groups excluding carboxylic acids is 1. The molecule has 4 nitrogen and oxygen atoms in total. The van der Waals surface area contributed by atoms with Gasteiger partial charge >= 0.3 is 0 Å². The fourth-order valence-corrected chi connectivity index (χ4v) is 2.01. The van der Waals surface area contributed by atoms with Crippen LogP contribution in [-0.4, -0.2) is 29.9 Å². The lowest BCUT2D eigenvalue weighted by molar-refractivity contribution is 0.0950. The number of amides is 1. The molecule has 0 saturated heterocycles. The van der Waals surface area contributed by atoms with Crippen molar-refractivity contribution in [1.29, 1.82) is 0 Å². The summed E-state index contributed by atoms with van der Waals surface area (Å²) in [6.45, 7) is 1.24. The average Bonchev–Trinajstić information content (AvgIpc) is 2.46. The number of halogens is 1. The second kappa shape index (κ2) is 6.95. The van der Waals surface area contributed by atoms with Crippen LogP contribution in [0.5, 0.6) is 0 Å². The molecule has 1 amide bonds. The van der Waals surface area contributed by atoms with E-state index >= 15 is 0 Å². The predicted molar refractivity (Wildman–Crippen MR) is 79.2 cm³/mol. The minimum Gasteiger partial charge on any atom is -0.348 e. The van der Waals surface area contributed by atoms with Crippen LogP contribution in [0.15, 0.2) is 42.6 Å². The molecule has 2 aromatic rings. The molecule has 0 saturated carbocycles. The number of rotatable bonds is 5. The standard InChI is InChI=1S/C16H18FN3O/c1-20(2)11-14-6-4-3-5-12(14)9-19-16(21)13-7-8-15(17)18-10-13/h3-8,10H,9,11H2,1-2H3,(H,19,21). The summed E-state index contributed by atoms with van der Waals surface area (Å²) in [4.78, 5) is 17.5. The predicted octanol–water partition coefficient (Wildman–Crippen LogP) is 2.21. The van der Waals surface area contributed by atoms with E-state index in [0.29, 0.717) is 12.1 Å². The van der Waals surface area contributed by atoms with Crippen molar-refractivity contribution in [2.24, 2.45) is 0 Å². The van der Waals surface area contributed by atoms with E-state index in [9.17, 15) is 9.18 Å².